The van der Waals surface area contributed by atoms with E-state index in [0.717, 1.165) is 32.8 Å². The second-order valence-corrected chi connectivity index (χ2v) is 4.49. The maximum atomic E-state index is 5.78. The first-order valence-corrected chi connectivity index (χ1v) is 5.32. The minimum absolute atomic E-state index is 0.258. The number of hydrogen-bond acceptors (Lipinski definition) is 4. The second-order valence-electron chi connectivity index (χ2n) is 4.49. The Morgan fingerprint density at radius 1 is 1.57 bits per heavy atom. The molecule has 0 bridgehead atoms. The lowest BCUT2D eigenvalue weighted by Crippen LogP contribution is -2.49. The lowest BCUT2D eigenvalue weighted by atomic mass is 10.2. The van der Waals surface area contributed by atoms with Crippen molar-refractivity contribution >= 4 is 0 Å². The quantitative estimate of drug-likeness (QED) is 0.672. The molecule has 1 heterocycles. The molecule has 2 atom stereocenters. The van der Waals surface area contributed by atoms with E-state index < -0.39 is 0 Å². The smallest absolute Gasteiger partial charge is 0.0829 e. The van der Waals surface area contributed by atoms with E-state index >= 15 is 0 Å². The van der Waals surface area contributed by atoms with Crippen molar-refractivity contribution in [1.82, 2.24) is 9.80 Å². The van der Waals surface area contributed by atoms with Gasteiger partial charge in [-0.15, -0.1) is 0 Å². The number of nitrogens with zero attached hydrogens (tertiary/aromatic N) is 2. The highest BCUT2D eigenvalue weighted by atomic mass is 16.5. The first kappa shape index (κ1) is 11.9. The third-order valence-electron chi connectivity index (χ3n) is 2.34. The molecule has 0 aromatic rings. The Balaban J connectivity index is 2.28. The van der Waals surface area contributed by atoms with E-state index in [-0.39, 0.29) is 6.04 Å². The molecule has 1 aliphatic heterocycles. The molecule has 0 amide bonds. The van der Waals surface area contributed by atoms with Gasteiger partial charge in [0.15, 0.2) is 0 Å². The average Bonchev–Trinajstić information content (AvgIpc) is 2.01. The molecule has 0 spiro atoms. The predicted molar refractivity (Wildman–Crippen MR) is 58.4 cm³/mol. The van der Waals surface area contributed by atoms with Crippen molar-refractivity contribution < 1.29 is 4.74 Å². The maximum absolute atomic E-state index is 5.78. The molecule has 4 nitrogen and oxygen atoms in total. The zero-order valence-electron chi connectivity index (χ0n) is 9.57. The van der Waals surface area contributed by atoms with Gasteiger partial charge in [-0.2, -0.15) is 0 Å². The summed E-state index contributed by atoms with van der Waals surface area (Å²) in [5, 5.41) is 0. The van der Waals surface area contributed by atoms with E-state index in [4.69, 9.17) is 10.5 Å². The fourth-order valence-corrected chi connectivity index (χ4v) is 1.87. The van der Waals surface area contributed by atoms with Gasteiger partial charge < -0.3 is 15.4 Å². The summed E-state index contributed by atoms with van der Waals surface area (Å²) in [4.78, 5) is 4.56. The van der Waals surface area contributed by atoms with Gasteiger partial charge in [0, 0.05) is 32.2 Å². The standard InChI is InChI=1S/C10H23N3O/c1-9(11)6-13-4-5-14-10(8-13)7-12(2)3/h9-10H,4-8,11H2,1-3H3. The zero-order chi connectivity index (χ0) is 10.6. The van der Waals surface area contributed by atoms with Crippen molar-refractivity contribution in [2.45, 2.75) is 19.1 Å². The van der Waals surface area contributed by atoms with Gasteiger partial charge in [0.2, 0.25) is 0 Å². The Hall–Kier alpha value is -0.160. The van der Waals surface area contributed by atoms with Crippen molar-refractivity contribution in [2.75, 3.05) is 46.9 Å². The minimum Gasteiger partial charge on any atom is -0.374 e. The number of morpholine rings is 1. The monoisotopic (exact) mass is 201 g/mol. The fraction of sp³-hybridized carbons (Fsp3) is 1.00. The summed E-state index contributed by atoms with van der Waals surface area (Å²) in [5.74, 6) is 0. The highest BCUT2D eigenvalue weighted by Gasteiger charge is 2.21. The third-order valence-corrected chi connectivity index (χ3v) is 2.34. The lowest BCUT2D eigenvalue weighted by molar-refractivity contribution is -0.0389. The van der Waals surface area contributed by atoms with E-state index in [2.05, 4.69) is 30.8 Å². The van der Waals surface area contributed by atoms with Crippen molar-refractivity contribution in [1.29, 1.82) is 0 Å². The minimum atomic E-state index is 0.258. The summed E-state index contributed by atoms with van der Waals surface area (Å²) < 4.78 is 5.68. The molecule has 0 aromatic heterocycles. The number of nitrogens with two attached hydrogens (primary N) is 1. The van der Waals surface area contributed by atoms with Gasteiger partial charge in [0.05, 0.1) is 12.7 Å². The first-order chi connectivity index (χ1) is 6.58. The van der Waals surface area contributed by atoms with E-state index in [1.165, 1.54) is 0 Å². The van der Waals surface area contributed by atoms with Crippen molar-refractivity contribution in [3.63, 3.8) is 0 Å². The molecule has 1 rings (SSSR count). The second kappa shape index (κ2) is 5.66. The van der Waals surface area contributed by atoms with Crippen LogP contribution in [0.5, 0.6) is 0 Å². The predicted octanol–water partition coefficient (Wildman–Crippen LogP) is -0.404. The van der Waals surface area contributed by atoms with Gasteiger partial charge in [0.25, 0.3) is 0 Å². The summed E-state index contributed by atoms with van der Waals surface area (Å²) >= 11 is 0. The van der Waals surface area contributed by atoms with Gasteiger partial charge in [-0.3, -0.25) is 4.90 Å². The topological polar surface area (TPSA) is 41.7 Å². The van der Waals surface area contributed by atoms with Crippen LogP contribution in [0.25, 0.3) is 0 Å². The van der Waals surface area contributed by atoms with Crippen LogP contribution in [0.15, 0.2) is 0 Å². The van der Waals surface area contributed by atoms with E-state index in [9.17, 15) is 0 Å². The van der Waals surface area contributed by atoms with Crippen LogP contribution in [-0.2, 0) is 4.74 Å². The molecule has 0 aromatic carbocycles. The first-order valence-electron chi connectivity index (χ1n) is 5.32. The van der Waals surface area contributed by atoms with Gasteiger partial charge in [-0.05, 0) is 21.0 Å². The molecule has 0 saturated carbocycles. The highest BCUT2D eigenvalue weighted by molar-refractivity contribution is 4.75. The van der Waals surface area contributed by atoms with E-state index in [1.807, 2.05) is 0 Å². The normalized spacial score (nSPS) is 26.8. The molecule has 0 radical (unpaired) electrons. The molecule has 2 unspecified atom stereocenters. The summed E-state index contributed by atoms with van der Waals surface area (Å²) in [6.07, 6.45) is 0.345. The Bertz CT molecular complexity index is 145. The van der Waals surface area contributed by atoms with Crippen LogP contribution in [0.1, 0.15) is 6.92 Å². The molecule has 0 aliphatic carbocycles. The van der Waals surface area contributed by atoms with Crippen LogP contribution in [0, 0.1) is 0 Å². The molecule has 1 fully saturated rings. The van der Waals surface area contributed by atoms with Crippen LogP contribution in [-0.4, -0.2) is 68.8 Å². The Morgan fingerprint density at radius 3 is 2.86 bits per heavy atom. The average molecular weight is 201 g/mol. The van der Waals surface area contributed by atoms with Gasteiger partial charge >= 0.3 is 0 Å². The Kier molecular flexibility index (Phi) is 4.81. The summed E-state index contributed by atoms with van der Waals surface area (Å²) in [7, 11) is 4.15. The van der Waals surface area contributed by atoms with Crippen LogP contribution < -0.4 is 5.73 Å². The summed E-state index contributed by atoms with van der Waals surface area (Å²) in [6.45, 7) is 6.90. The Labute approximate surface area is 87.0 Å². The summed E-state index contributed by atoms with van der Waals surface area (Å²) in [5.41, 5.74) is 5.78. The van der Waals surface area contributed by atoms with Crippen molar-refractivity contribution in [3.05, 3.63) is 0 Å². The van der Waals surface area contributed by atoms with Crippen molar-refractivity contribution in [3.8, 4) is 0 Å². The number of hydrogen-bond donors (Lipinski definition) is 1. The van der Waals surface area contributed by atoms with Crippen LogP contribution in [0.2, 0.25) is 0 Å². The molecule has 4 heteroatoms. The molecular formula is C10H23N3O. The molecule has 1 aliphatic rings. The fourth-order valence-electron chi connectivity index (χ4n) is 1.87. The Morgan fingerprint density at radius 2 is 2.29 bits per heavy atom. The largest absolute Gasteiger partial charge is 0.374 e. The zero-order valence-corrected chi connectivity index (χ0v) is 9.57. The molecule has 1 saturated heterocycles. The van der Waals surface area contributed by atoms with Gasteiger partial charge in [0.1, 0.15) is 0 Å². The molecular weight excluding hydrogens is 178 g/mol. The number of likely N-dealkylation sites (N-methyl/N-ethyl adjacent to an activating group) is 1. The highest BCUT2D eigenvalue weighted by Crippen LogP contribution is 2.06. The van der Waals surface area contributed by atoms with Crippen molar-refractivity contribution in [2.24, 2.45) is 5.73 Å². The lowest BCUT2D eigenvalue weighted by Gasteiger charge is -2.34. The third kappa shape index (κ3) is 4.37. The molecule has 14 heavy (non-hydrogen) atoms. The van der Waals surface area contributed by atoms with Crippen LogP contribution in [0.4, 0.5) is 0 Å². The SMILES string of the molecule is CC(N)CN1CCOC(CN(C)C)C1. The van der Waals surface area contributed by atoms with Gasteiger partial charge in [-0.1, -0.05) is 0 Å². The number of ether oxygens (including phenoxy) is 1. The number of rotatable bonds is 4. The molecule has 2 N–H and O–H groups in total. The van der Waals surface area contributed by atoms with Gasteiger partial charge in [-0.25, -0.2) is 0 Å². The summed E-state index contributed by atoms with van der Waals surface area (Å²) in [6, 6.07) is 0.258. The van der Waals surface area contributed by atoms with E-state index in [1.54, 1.807) is 0 Å². The maximum Gasteiger partial charge on any atom is 0.0829 e. The van der Waals surface area contributed by atoms with Crippen LogP contribution >= 0.6 is 0 Å². The van der Waals surface area contributed by atoms with E-state index in [0.29, 0.717) is 6.10 Å². The molecule has 84 valence electrons. The van der Waals surface area contributed by atoms with Crippen LogP contribution in [0.3, 0.4) is 0 Å².